The Kier molecular flexibility index (Phi) is 3.39. The number of carbonyl (C=O) groups excluding carboxylic acids is 1. The van der Waals surface area contributed by atoms with Crippen molar-refractivity contribution in [3.05, 3.63) is 42.0 Å². The van der Waals surface area contributed by atoms with Crippen LogP contribution in [0.1, 0.15) is 19.4 Å². The van der Waals surface area contributed by atoms with Gasteiger partial charge in [0, 0.05) is 27.5 Å². The summed E-state index contributed by atoms with van der Waals surface area (Å²) in [6.45, 7) is 3.82. The fourth-order valence-corrected chi connectivity index (χ4v) is 2.62. The van der Waals surface area contributed by atoms with Gasteiger partial charge in [-0.05, 0) is 31.0 Å². The Morgan fingerprint density at radius 1 is 1.29 bits per heavy atom. The first-order valence-electron chi connectivity index (χ1n) is 7.20. The summed E-state index contributed by atoms with van der Waals surface area (Å²) in [7, 11) is 0. The van der Waals surface area contributed by atoms with E-state index in [4.69, 9.17) is 5.73 Å². The Morgan fingerprint density at radius 2 is 2.10 bits per heavy atom. The van der Waals surface area contributed by atoms with E-state index in [0.29, 0.717) is 0 Å². The maximum Gasteiger partial charge on any atom is 0.240 e. The Hall–Kier alpha value is -2.33. The van der Waals surface area contributed by atoms with Crippen LogP contribution in [-0.4, -0.2) is 16.9 Å². The van der Waals surface area contributed by atoms with Gasteiger partial charge in [-0.1, -0.05) is 31.2 Å². The van der Waals surface area contributed by atoms with Gasteiger partial charge in [0.2, 0.25) is 5.91 Å². The van der Waals surface area contributed by atoms with Gasteiger partial charge in [-0.25, -0.2) is 0 Å². The lowest BCUT2D eigenvalue weighted by molar-refractivity contribution is -0.117. The number of rotatable bonds is 3. The van der Waals surface area contributed by atoms with Gasteiger partial charge in [0.1, 0.15) is 0 Å². The molecule has 4 nitrogen and oxygen atoms in total. The van der Waals surface area contributed by atoms with Gasteiger partial charge < -0.3 is 16.0 Å². The molecule has 1 heterocycles. The minimum Gasteiger partial charge on any atom is -0.354 e. The van der Waals surface area contributed by atoms with Gasteiger partial charge in [-0.15, -0.1) is 0 Å². The summed E-state index contributed by atoms with van der Waals surface area (Å²) in [6, 6.07) is 11.7. The van der Waals surface area contributed by atoms with Crippen LogP contribution in [-0.2, 0) is 11.2 Å². The number of aromatic amines is 1. The molecule has 21 heavy (non-hydrogen) atoms. The molecule has 3 aromatic rings. The third-order valence-corrected chi connectivity index (χ3v) is 3.78. The molecule has 0 unspecified atom stereocenters. The smallest absolute Gasteiger partial charge is 0.240 e. The maximum atomic E-state index is 11.7. The van der Waals surface area contributed by atoms with Crippen molar-refractivity contribution in [1.82, 2.24) is 4.98 Å². The highest BCUT2D eigenvalue weighted by Crippen LogP contribution is 2.29. The molecule has 3 rings (SSSR count). The van der Waals surface area contributed by atoms with Crippen LogP contribution in [0.5, 0.6) is 0 Å². The van der Waals surface area contributed by atoms with Gasteiger partial charge in [0.05, 0.1) is 6.04 Å². The summed E-state index contributed by atoms with van der Waals surface area (Å²) in [4.78, 5) is 15.1. The molecule has 1 atom stereocenters. The second-order valence-corrected chi connectivity index (χ2v) is 5.36. The minimum atomic E-state index is -0.518. The van der Waals surface area contributed by atoms with Crippen molar-refractivity contribution in [1.29, 1.82) is 0 Å². The van der Waals surface area contributed by atoms with Crippen molar-refractivity contribution < 1.29 is 4.79 Å². The quantitative estimate of drug-likeness (QED) is 0.690. The number of fused-ring (bicyclic) bond motifs is 3. The predicted octanol–water partition coefficient (Wildman–Crippen LogP) is 3.17. The summed E-state index contributed by atoms with van der Waals surface area (Å²) < 4.78 is 0. The van der Waals surface area contributed by atoms with E-state index >= 15 is 0 Å². The van der Waals surface area contributed by atoms with E-state index in [1.807, 2.05) is 18.2 Å². The molecular weight excluding hydrogens is 262 g/mol. The first-order valence-corrected chi connectivity index (χ1v) is 7.20. The molecule has 4 heteroatoms. The largest absolute Gasteiger partial charge is 0.354 e. The average molecular weight is 281 g/mol. The zero-order valence-electron chi connectivity index (χ0n) is 12.2. The topological polar surface area (TPSA) is 70.9 Å². The van der Waals surface area contributed by atoms with E-state index in [1.165, 1.54) is 21.9 Å². The molecule has 108 valence electrons. The van der Waals surface area contributed by atoms with Crippen molar-refractivity contribution in [3.8, 4) is 0 Å². The van der Waals surface area contributed by atoms with E-state index in [2.05, 4.69) is 35.4 Å². The number of benzene rings is 2. The number of hydrogen-bond acceptors (Lipinski definition) is 2. The zero-order valence-corrected chi connectivity index (χ0v) is 12.2. The molecule has 0 aliphatic carbocycles. The van der Waals surface area contributed by atoms with Gasteiger partial charge in [0.15, 0.2) is 0 Å². The fraction of sp³-hybridized carbons (Fsp3) is 0.235. The monoisotopic (exact) mass is 281 g/mol. The standard InChI is InChI=1S/C17H19N3O/c1-3-11-5-4-6-14-13-8-7-12(19-17(21)10(2)18)9-15(13)20-16(11)14/h4-10,20H,3,18H2,1-2H3,(H,19,21)/t10-/m0/s1. The predicted molar refractivity (Wildman–Crippen MR) is 87.5 cm³/mol. The zero-order chi connectivity index (χ0) is 15.0. The van der Waals surface area contributed by atoms with E-state index in [9.17, 15) is 4.79 Å². The van der Waals surface area contributed by atoms with E-state index in [-0.39, 0.29) is 5.91 Å². The van der Waals surface area contributed by atoms with E-state index in [1.54, 1.807) is 6.92 Å². The molecule has 1 amide bonds. The molecule has 0 saturated carbocycles. The third kappa shape index (κ3) is 2.38. The van der Waals surface area contributed by atoms with Crippen LogP contribution >= 0.6 is 0 Å². The number of nitrogens with two attached hydrogens (primary N) is 1. The lowest BCUT2D eigenvalue weighted by atomic mass is 10.1. The molecule has 4 N–H and O–H groups in total. The maximum absolute atomic E-state index is 11.7. The Labute approximate surface area is 123 Å². The number of carbonyl (C=O) groups is 1. The van der Waals surface area contributed by atoms with Crippen molar-refractivity contribution in [2.75, 3.05) is 5.32 Å². The number of para-hydroxylation sites is 1. The van der Waals surface area contributed by atoms with Crippen LogP contribution in [0.4, 0.5) is 5.69 Å². The van der Waals surface area contributed by atoms with Crippen LogP contribution in [0.25, 0.3) is 21.8 Å². The minimum absolute atomic E-state index is 0.181. The van der Waals surface area contributed by atoms with Gasteiger partial charge >= 0.3 is 0 Å². The van der Waals surface area contributed by atoms with Crippen LogP contribution < -0.4 is 11.1 Å². The fourth-order valence-electron chi connectivity index (χ4n) is 2.62. The molecule has 0 spiro atoms. The molecule has 0 saturated heterocycles. The lowest BCUT2D eigenvalue weighted by Gasteiger charge is -2.07. The summed E-state index contributed by atoms with van der Waals surface area (Å²) in [5, 5.41) is 5.21. The summed E-state index contributed by atoms with van der Waals surface area (Å²) in [5.74, 6) is -0.181. The molecule has 2 aromatic carbocycles. The lowest BCUT2D eigenvalue weighted by Crippen LogP contribution is -2.32. The molecule has 0 aliphatic rings. The normalized spacial score (nSPS) is 12.7. The van der Waals surface area contributed by atoms with Crippen LogP contribution in [0, 0.1) is 0 Å². The molecule has 0 radical (unpaired) electrons. The van der Waals surface area contributed by atoms with Crippen LogP contribution in [0.15, 0.2) is 36.4 Å². The van der Waals surface area contributed by atoms with Crippen molar-refractivity contribution >= 4 is 33.4 Å². The average Bonchev–Trinajstić information content (AvgIpc) is 2.84. The number of aromatic nitrogens is 1. The first kappa shape index (κ1) is 13.6. The molecule has 1 aromatic heterocycles. The van der Waals surface area contributed by atoms with E-state index in [0.717, 1.165) is 17.6 Å². The van der Waals surface area contributed by atoms with Crippen molar-refractivity contribution in [2.45, 2.75) is 26.3 Å². The second-order valence-electron chi connectivity index (χ2n) is 5.36. The number of anilines is 1. The summed E-state index contributed by atoms with van der Waals surface area (Å²) in [5.41, 5.74) is 9.82. The van der Waals surface area contributed by atoms with Gasteiger partial charge in [0.25, 0.3) is 0 Å². The Bertz CT molecular complexity index is 817. The van der Waals surface area contributed by atoms with Crippen molar-refractivity contribution in [3.63, 3.8) is 0 Å². The number of nitrogens with one attached hydrogen (secondary N) is 2. The number of H-pyrrole nitrogens is 1. The second kappa shape index (κ2) is 5.22. The molecule has 0 fully saturated rings. The van der Waals surface area contributed by atoms with E-state index < -0.39 is 6.04 Å². The molecular formula is C17H19N3O. The first-order chi connectivity index (χ1) is 10.1. The van der Waals surface area contributed by atoms with Crippen molar-refractivity contribution in [2.24, 2.45) is 5.73 Å². The highest BCUT2D eigenvalue weighted by Gasteiger charge is 2.10. The number of aryl methyl sites for hydroxylation is 1. The number of hydrogen-bond donors (Lipinski definition) is 3. The van der Waals surface area contributed by atoms with Crippen LogP contribution in [0.2, 0.25) is 0 Å². The Morgan fingerprint density at radius 3 is 2.81 bits per heavy atom. The molecule has 0 bridgehead atoms. The number of amides is 1. The summed E-state index contributed by atoms with van der Waals surface area (Å²) >= 11 is 0. The summed E-state index contributed by atoms with van der Waals surface area (Å²) in [6.07, 6.45) is 0.985. The highest BCUT2D eigenvalue weighted by molar-refractivity contribution is 6.09. The molecule has 0 aliphatic heterocycles. The highest BCUT2D eigenvalue weighted by atomic mass is 16.2. The Balaban J connectivity index is 2.10. The third-order valence-electron chi connectivity index (χ3n) is 3.78. The SMILES string of the molecule is CCc1cccc2c1[nH]c1cc(NC(=O)[C@H](C)N)ccc12. The van der Waals surface area contributed by atoms with Gasteiger partial charge in [-0.3, -0.25) is 4.79 Å². The van der Waals surface area contributed by atoms with Crippen LogP contribution in [0.3, 0.4) is 0 Å². The van der Waals surface area contributed by atoms with Gasteiger partial charge in [-0.2, -0.15) is 0 Å².